The molecule has 0 saturated carbocycles. The second-order valence-electron chi connectivity index (χ2n) is 5.42. The fraction of sp³-hybridized carbons (Fsp3) is 0.263. The van der Waals surface area contributed by atoms with E-state index in [0.29, 0.717) is 29.3 Å². The third-order valence-electron chi connectivity index (χ3n) is 3.54. The molecule has 0 radical (unpaired) electrons. The van der Waals surface area contributed by atoms with E-state index in [9.17, 15) is 9.59 Å². The molecular weight excluding hydrogens is 320 g/mol. The largest absolute Gasteiger partial charge is 0.493 e. The summed E-state index contributed by atoms with van der Waals surface area (Å²) in [6.45, 7) is 3.51. The van der Waals surface area contributed by atoms with Crippen LogP contribution in [0.4, 0.5) is 11.4 Å². The van der Waals surface area contributed by atoms with Gasteiger partial charge in [-0.2, -0.15) is 0 Å². The first kappa shape index (κ1) is 18.3. The minimum atomic E-state index is -0.298. The van der Waals surface area contributed by atoms with Crippen LogP contribution in [-0.2, 0) is 9.59 Å². The van der Waals surface area contributed by atoms with Gasteiger partial charge in [-0.1, -0.05) is 25.1 Å². The molecule has 0 aliphatic carbocycles. The number of aryl methyl sites for hydroxylation is 1. The van der Waals surface area contributed by atoms with E-state index >= 15 is 0 Å². The molecule has 2 aromatic carbocycles. The van der Waals surface area contributed by atoms with Gasteiger partial charge < -0.3 is 20.1 Å². The first-order chi connectivity index (χ1) is 12.0. The molecule has 2 rings (SSSR count). The molecule has 0 fully saturated rings. The molecule has 2 amide bonds. The summed E-state index contributed by atoms with van der Waals surface area (Å²) in [6, 6.07) is 12.5. The molecule has 6 nitrogen and oxygen atoms in total. The molecule has 25 heavy (non-hydrogen) atoms. The predicted octanol–water partition coefficient (Wildman–Crippen LogP) is 3.37. The van der Waals surface area contributed by atoms with Gasteiger partial charge in [-0.25, -0.2) is 0 Å². The van der Waals surface area contributed by atoms with Gasteiger partial charge in [0.15, 0.2) is 18.1 Å². The van der Waals surface area contributed by atoms with E-state index in [2.05, 4.69) is 10.6 Å². The van der Waals surface area contributed by atoms with E-state index in [4.69, 9.17) is 9.47 Å². The number of carbonyl (C=O) groups excluding carboxylic acids is 2. The van der Waals surface area contributed by atoms with Crippen LogP contribution < -0.4 is 20.1 Å². The molecule has 0 spiro atoms. The zero-order valence-electron chi connectivity index (χ0n) is 14.6. The number of rotatable bonds is 7. The lowest BCUT2D eigenvalue weighted by Crippen LogP contribution is -2.21. The van der Waals surface area contributed by atoms with Crippen LogP contribution in [0.3, 0.4) is 0 Å². The number of anilines is 2. The van der Waals surface area contributed by atoms with Crippen molar-refractivity contribution in [3.8, 4) is 11.5 Å². The Labute approximate surface area is 147 Å². The number of ether oxygens (including phenoxy) is 2. The molecule has 0 aromatic heterocycles. The molecule has 2 aromatic rings. The molecule has 0 atom stereocenters. The Morgan fingerprint density at radius 3 is 2.40 bits per heavy atom. The lowest BCUT2D eigenvalue weighted by Gasteiger charge is -2.13. The number of para-hydroxylation sites is 2. The van der Waals surface area contributed by atoms with E-state index in [-0.39, 0.29) is 18.4 Å². The number of benzene rings is 2. The van der Waals surface area contributed by atoms with Gasteiger partial charge in [0.05, 0.1) is 7.11 Å². The van der Waals surface area contributed by atoms with Gasteiger partial charge in [-0.3, -0.25) is 9.59 Å². The highest BCUT2D eigenvalue weighted by molar-refractivity contribution is 5.95. The van der Waals surface area contributed by atoms with E-state index in [1.54, 1.807) is 44.4 Å². The minimum absolute atomic E-state index is 0.0827. The van der Waals surface area contributed by atoms with Crippen molar-refractivity contribution in [2.24, 2.45) is 0 Å². The van der Waals surface area contributed by atoms with Crippen molar-refractivity contribution >= 4 is 23.2 Å². The Hall–Kier alpha value is -3.02. The number of amides is 2. The van der Waals surface area contributed by atoms with Crippen LogP contribution in [0.1, 0.15) is 18.9 Å². The number of hydrogen-bond acceptors (Lipinski definition) is 4. The third-order valence-corrected chi connectivity index (χ3v) is 3.54. The zero-order chi connectivity index (χ0) is 18.2. The highest BCUT2D eigenvalue weighted by Crippen LogP contribution is 2.26. The molecule has 0 heterocycles. The second-order valence-corrected chi connectivity index (χ2v) is 5.42. The van der Waals surface area contributed by atoms with Crippen molar-refractivity contribution in [1.82, 2.24) is 0 Å². The lowest BCUT2D eigenvalue weighted by molar-refractivity contribution is -0.118. The molecule has 0 unspecified atom stereocenters. The summed E-state index contributed by atoms with van der Waals surface area (Å²) in [6.07, 6.45) is 0.391. The van der Waals surface area contributed by atoms with Crippen LogP contribution in [0, 0.1) is 6.92 Å². The van der Waals surface area contributed by atoms with E-state index in [1.165, 1.54) is 0 Å². The highest BCUT2D eigenvalue weighted by atomic mass is 16.5. The Morgan fingerprint density at radius 2 is 1.72 bits per heavy atom. The van der Waals surface area contributed by atoms with Gasteiger partial charge in [-0.05, 0) is 36.8 Å². The average Bonchev–Trinajstić information content (AvgIpc) is 2.62. The van der Waals surface area contributed by atoms with Crippen LogP contribution in [0.2, 0.25) is 0 Å². The lowest BCUT2D eigenvalue weighted by atomic mass is 10.1. The predicted molar refractivity (Wildman–Crippen MR) is 97.2 cm³/mol. The van der Waals surface area contributed by atoms with Crippen molar-refractivity contribution in [3.63, 3.8) is 0 Å². The Balaban J connectivity index is 2.00. The third kappa shape index (κ3) is 5.24. The van der Waals surface area contributed by atoms with Crippen LogP contribution in [0.5, 0.6) is 11.5 Å². The summed E-state index contributed by atoms with van der Waals surface area (Å²) < 4.78 is 10.7. The van der Waals surface area contributed by atoms with E-state index < -0.39 is 0 Å². The molecule has 0 aliphatic rings. The molecule has 0 saturated heterocycles. The Morgan fingerprint density at radius 1 is 1.00 bits per heavy atom. The van der Waals surface area contributed by atoms with Crippen molar-refractivity contribution in [2.75, 3.05) is 24.4 Å². The van der Waals surface area contributed by atoms with Gasteiger partial charge >= 0.3 is 0 Å². The first-order valence-corrected chi connectivity index (χ1v) is 7.99. The topological polar surface area (TPSA) is 76.7 Å². The SMILES string of the molecule is CCC(=O)Nc1ccc(C)c(NC(=O)COc2ccccc2OC)c1. The normalized spacial score (nSPS) is 10.0. The maximum atomic E-state index is 12.2. The monoisotopic (exact) mass is 342 g/mol. The molecular formula is C19H22N2O4. The van der Waals surface area contributed by atoms with Gasteiger partial charge in [-0.15, -0.1) is 0 Å². The summed E-state index contributed by atoms with van der Waals surface area (Å²) in [4.78, 5) is 23.7. The fourth-order valence-corrected chi connectivity index (χ4v) is 2.15. The second kappa shape index (κ2) is 8.73. The van der Waals surface area contributed by atoms with Crippen molar-refractivity contribution in [3.05, 3.63) is 48.0 Å². The van der Waals surface area contributed by atoms with Gasteiger partial charge in [0.25, 0.3) is 5.91 Å². The molecule has 132 valence electrons. The summed E-state index contributed by atoms with van der Waals surface area (Å²) in [5.74, 6) is 0.685. The molecule has 2 N–H and O–H groups in total. The first-order valence-electron chi connectivity index (χ1n) is 7.99. The van der Waals surface area contributed by atoms with Crippen molar-refractivity contribution in [2.45, 2.75) is 20.3 Å². The maximum absolute atomic E-state index is 12.2. The summed E-state index contributed by atoms with van der Waals surface area (Å²) >= 11 is 0. The summed E-state index contributed by atoms with van der Waals surface area (Å²) in [5, 5.41) is 5.56. The van der Waals surface area contributed by atoms with Crippen LogP contribution in [-0.4, -0.2) is 25.5 Å². The van der Waals surface area contributed by atoms with Crippen LogP contribution in [0.15, 0.2) is 42.5 Å². The summed E-state index contributed by atoms with van der Waals surface area (Å²) in [5.41, 5.74) is 2.15. The quantitative estimate of drug-likeness (QED) is 0.809. The van der Waals surface area contributed by atoms with Crippen LogP contribution >= 0.6 is 0 Å². The Kier molecular flexibility index (Phi) is 6.39. The summed E-state index contributed by atoms with van der Waals surface area (Å²) in [7, 11) is 1.54. The number of nitrogens with one attached hydrogen (secondary N) is 2. The molecule has 0 aliphatic heterocycles. The smallest absolute Gasteiger partial charge is 0.262 e. The van der Waals surface area contributed by atoms with Gasteiger partial charge in [0, 0.05) is 17.8 Å². The standard InChI is InChI=1S/C19H22N2O4/c1-4-18(22)20-14-10-9-13(2)15(11-14)21-19(23)12-25-17-8-6-5-7-16(17)24-3/h5-11H,4,12H2,1-3H3,(H,20,22)(H,21,23). The number of methoxy groups -OCH3 is 1. The van der Waals surface area contributed by atoms with Gasteiger partial charge in [0.2, 0.25) is 5.91 Å². The van der Waals surface area contributed by atoms with Crippen molar-refractivity contribution in [1.29, 1.82) is 0 Å². The number of carbonyl (C=O) groups is 2. The van der Waals surface area contributed by atoms with Crippen molar-refractivity contribution < 1.29 is 19.1 Å². The fourth-order valence-electron chi connectivity index (χ4n) is 2.15. The van der Waals surface area contributed by atoms with Crippen LogP contribution in [0.25, 0.3) is 0 Å². The Bertz CT molecular complexity index is 759. The maximum Gasteiger partial charge on any atom is 0.262 e. The van der Waals surface area contributed by atoms with E-state index in [0.717, 1.165) is 5.56 Å². The molecule has 0 bridgehead atoms. The number of hydrogen-bond donors (Lipinski definition) is 2. The minimum Gasteiger partial charge on any atom is -0.493 e. The zero-order valence-corrected chi connectivity index (χ0v) is 14.6. The molecule has 6 heteroatoms. The van der Waals surface area contributed by atoms with E-state index in [1.807, 2.05) is 19.1 Å². The van der Waals surface area contributed by atoms with Gasteiger partial charge in [0.1, 0.15) is 0 Å². The average molecular weight is 342 g/mol. The highest BCUT2D eigenvalue weighted by Gasteiger charge is 2.10.